The van der Waals surface area contributed by atoms with E-state index in [0.717, 1.165) is 12.2 Å². The van der Waals surface area contributed by atoms with E-state index in [1.165, 1.54) is 6.08 Å². The van der Waals surface area contributed by atoms with E-state index >= 15 is 0 Å². The van der Waals surface area contributed by atoms with Gasteiger partial charge >= 0.3 is 0 Å². The van der Waals surface area contributed by atoms with Crippen molar-refractivity contribution in [2.75, 3.05) is 0 Å². The average molecular weight is 327 g/mol. The van der Waals surface area contributed by atoms with Crippen molar-refractivity contribution in [3.8, 4) is 5.69 Å². The molecule has 2 heterocycles. The van der Waals surface area contributed by atoms with Crippen molar-refractivity contribution in [3.05, 3.63) is 71.5 Å². The number of benzene rings is 1. The summed E-state index contributed by atoms with van der Waals surface area (Å²) in [6, 6.07) is 7.32. The van der Waals surface area contributed by atoms with Gasteiger partial charge in [0.15, 0.2) is 5.78 Å². The monoisotopic (exact) mass is 326 g/mol. The number of imidazole rings is 1. The van der Waals surface area contributed by atoms with Crippen LogP contribution in [0.4, 0.5) is 0 Å². The van der Waals surface area contributed by atoms with Crippen molar-refractivity contribution >= 4 is 23.5 Å². The van der Waals surface area contributed by atoms with Gasteiger partial charge in [0, 0.05) is 36.4 Å². The van der Waals surface area contributed by atoms with Crippen molar-refractivity contribution in [1.82, 2.24) is 19.3 Å². The summed E-state index contributed by atoms with van der Waals surface area (Å²) in [6.45, 7) is 2.71. The van der Waals surface area contributed by atoms with Gasteiger partial charge in [-0.2, -0.15) is 5.10 Å². The molecule has 1 aromatic carbocycles. The number of aromatic nitrogens is 4. The molecule has 116 valence electrons. The number of hydrogen-bond donors (Lipinski definition) is 0. The van der Waals surface area contributed by atoms with Crippen LogP contribution in [0.25, 0.3) is 11.8 Å². The largest absolute Gasteiger partial charge is 0.306 e. The fraction of sp³-hybridized carbons (Fsp3) is 0.118. The number of carbonyl (C=O) groups excluding carboxylic acids is 1. The van der Waals surface area contributed by atoms with Crippen molar-refractivity contribution in [2.24, 2.45) is 0 Å². The van der Waals surface area contributed by atoms with E-state index in [1.54, 1.807) is 41.6 Å². The molecule has 3 aromatic rings. The third-order valence-corrected chi connectivity index (χ3v) is 3.71. The lowest BCUT2D eigenvalue weighted by Crippen LogP contribution is -1.96. The Morgan fingerprint density at radius 2 is 2.09 bits per heavy atom. The lowest BCUT2D eigenvalue weighted by molar-refractivity contribution is 0.104. The van der Waals surface area contributed by atoms with E-state index in [1.807, 2.05) is 29.8 Å². The van der Waals surface area contributed by atoms with Crippen molar-refractivity contribution in [2.45, 2.75) is 13.5 Å². The van der Waals surface area contributed by atoms with Gasteiger partial charge in [0.25, 0.3) is 0 Å². The van der Waals surface area contributed by atoms with Crippen LogP contribution in [0.2, 0.25) is 5.02 Å². The predicted molar refractivity (Wildman–Crippen MR) is 89.8 cm³/mol. The van der Waals surface area contributed by atoms with Crippen LogP contribution in [0.3, 0.4) is 0 Å². The van der Waals surface area contributed by atoms with Gasteiger partial charge in [-0.25, -0.2) is 4.98 Å². The maximum Gasteiger partial charge on any atom is 0.185 e. The summed E-state index contributed by atoms with van der Waals surface area (Å²) < 4.78 is 3.60. The molecular weight excluding hydrogens is 312 g/mol. The Balaban J connectivity index is 1.75. The normalized spacial score (nSPS) is 11.2. The average Bonchev–Trinajstić information content (AvgIpc) is 3.22. The molecule has 0 amide bonds. The third kappa shape index (κ3) is 3.40. The van der Waals surface area contributed by atoms with Crippen LogP contribution in [0.5, 0.6) is 0 Å². The van der Waals surface area contributed by atoms with Gasteiger partial charge < -0.3 is 4.57 Å². The molecule has 23 heavy (non-hydrogen) atoms. The highest BCUT2D eigenvalue weighted by Gasteiger charge is 2.06. The third-order valence-electron chi connectivity index (χ3n) is 3.41. The molecule has 3 rings (SSSR count). The lowest BCUT2D eigenvalue weighted by Gasteiger charge is -2.02. The number of carbonyl (C=O) groups is 1. The van der Waals surface area contributed by atoms with Gasteiger partial charge in [0.2, 0.25) is 0 Å². The number of ketones is 1. The summed E-state index contributed by atoms with van der Waals surface area (Å²) in [6.07, 6.45) is 10.1. The first-order valence-electron chi connectivity index (χ1n) is 7.21. The highest BCUT2D eigenvalue weighted by Crippen LogP contribution is 2.16. The number of nitrogens with zero attached hydrogens (tertiary/aromatic N) is 4. The van der Waals surface area contributed by atoms with Gasteiger partial charge in [-0.3, -0.25) is 9.48 Å². The zero-order chi connectivity index (χ0) is 16.2. The van der Waals surface area contributed by atoms with Gasteiger partial charge in [-0.15, -0.1) is 0 Å². The summed E-state index contributed by atoms with van der Waals surface area (Å²) >= 11 is 6.08. The summed E-state index contributed by atoms with van der Waals surface area (Å²) in [5.41, 5.74) is 2.15. The van der Waals surface area contributed by atoms with E-state index in [0.29, 0.717) is 16.3 Å². The van der Waals surface area contributed by atoms with E-state index in [9.17, 15) is 4.79 Å². The molecule has 2 aromatic heterocycles. The fourth-order valence-electron chi connectivity index (χ4n) is 2.15. The summed E-state index contributed by atoms with van der Waals surface area (Å²) in [5, 5.41) is 4.81. The van der Waals surface area contributed by atoms with E-state index < -0.39 is 0 Å². The number of hydrogen-bond acceptors (Lipinski definition) is 3. The summed E-state index contributed by atoms with van der Waals surface area (Å²) in [5.74, 6) is -0.0932. The Morgan fingerprint density at radius 3 is 2.70 bits per heavy atom. The Labute approximate surface area is 138 Å². The molecule has 0 aliphatic rings. The van der Waals surface area contributed by atoms with Crippen molar-refractivity contribution in [3.63, 3.8) is 0 Å². The van der Waals surface area contributed by atoms with Crippen molar-refractivity contribution < 1.29 is 4.79 Å². The Hall–Kier alpha value is -2.66. The second kappa shape index (κ2) is 6.62. The molecule has 0 saturated heterocycles. The Bertz CT molecular complexity index is 832. The van der Waals surface area contributed by atoms with Gasteiger partial charge in [-0.05, 0) is 43.3 Å². The second-order valence-electron chi connectivity index (χ2n) is 4.93. The van der Waals surface area contributed by atoms with Crippen LogP contribution >= 0.6 is 11.6 Å². The minimum Gasteiger partial charge on any atom is -0.306 e. The number of allylic oxidation sites excluding steroid dienone is 1. The molecule has 0 saturated carbocycles. The van der Waals surface area contributed by atoms with Gasteiger partial charge in [-0.1, -0.05) is 11.6 Å². The SMILES string of the molecule is CCn1cc(Cl)c(/C=C/C(=O)c2ccc(-n3ccnc3)cc2)n1. The topological polar surface area (TPSA) is 52.7 Å². The van der Waals surface area contributed by atoms with Crippen LogP contribution in [-0.4, -0.2) is 25.1 Å². The first-order chi connectivity index (χ1) is 11.2. The van der Waals surface area contributed by atoms with E-state index in [4.69, 9.17) is 11.6 Å². The smallest absolute Gasteiger partial charge is 0.185 e. The first-order valence-corrected chi connectivity index (χ1v) is 7.59. The van der Waals surface area contributed by atoms with Crippen LogP contribution < -0.4 is 0 Å². The lowest BCUT2D eigenvalue weighted by atomic mass is 10.1. The van der Waals surface area contributed by atoms with Crippen molar-refractivity contribution in [1.29, 1.82) is 0 Å². The van der Waals surface area contributed by atoms with E-state index in [-0.39, 0.29) is 5.78 Å². The molecule has 0 N–H and O–H groups in total. The van der Waals surface area contributed by atoms with Gasteiger partial charge in [0.05, 0.1) is 11.3 Å². The maximum absolute atomic E-state index is 12.2. The quantitative estimate of drug-likeness (QED) is 0.531. The molecule has 0 fully saturated rings. The second-order valence-corrected chi connectivity index (χ2v) is 5.34. The molecule has 0 spiro atoms. The highest BCUT2D eigenvalue weighted by atomic mass is 35.5. The molecule has 0 atom stereocenters. The predicted octanol–water partition coefficient (Wildman–Crippen LogP) is 3.64. The molecule has 0 bridgehead atoms. The molecular formula is C17H15ClN4O. The van der Waals surface area contributed by atoms with Crippen LogP contribution in [0, 0.1) is 0 Å². The van der Waals surface area contributed by atoms with Crippen LogP contribution in [0.15, 0.2) is 55.3 Å². The number of rotatable bonds is 5. The summed E-state index contributed by atoms with van der Waals surface area (Å²) in [7, 11) is 0. The molecule has 5 nitrogen and oxygen atoms in total. The standard InChI is InChI=1S/C17H15ClN4O/c1-2-22-11-15(18)16(20-22)7-8-17(23)13-3-5-14(6-4-13)21-10-9-19-12-21/h3-12H,2H2,1H3/b8-7+. The Kier molecular flexibility index (Phi) is 4.39. The molecule has 0 radical (unpaired) electrons. The Morgan fingerprint density at radius 1 is 1.30 bits per heavy atom. The zero-order valence-electron chi connectivity index (χ0n) is 12.6. The molecule has 0 unspecified atom stereocenters. The number of halogens is 1. The molecule has 0 aliphatic heterocycles. The van der Waals surface area contributed by atoms with Crippen LogP contribution in [0.1, 0.15) is 23.0 Å². The molecule has 6 heteroatoms. The first kappa shape index (κ1) is 15.2. The van der Waals surface area contributed by atoms with Crippen LogP contribution in [-0.2, 0) is 6.54 Å². The zero-order valence-corrected chi connectivity index (χ0v) is 13.3. The van der Waals surface area contributed by atoms with E-state index in [2.05, 4.69) is 10.1 Å². The minimum atomic E-state index is -0.0932. The molecule has 0 aliphatic carbocycles. The fourth-order valence-corrected chi connectivity index (χ4v) is 2.36. The summed E-state index contributed by atoms with van der Waals surface area (Å²) in [4.78, 5) is 16.2. The maximum atomic E-state index is 12.2. The number of aryl methyl sites for hydroxylation is 1. The minimum absolute atomic E-state index is 0.0932. The van der Waals surface area contributed by atoms with Gasteiger partial charge in [0.1, 0.15) is 5.69 Å². The highest BCUT2D eigenvalue weighted by molar-refractivity contribution is 6.31.